The standard InChI is InChI=1S/C9H8N2O/c1-7-10-5-9-4-8(6-12)2-3-11(7)9/h2-6H,1H3. The molecule has 12 heavy (non-hydrogen) atoms. The van der Waals surface area contributed by atoms with Crippen molar-refractivity contribution in [1.82, 2.24) is 9.38 Å². The van der Waals surface area contributed by atoms with Gasteiger partial charge in [0.1, 0.15) is 12.1 Å². The molecule has 2 heterocycles. The van der Waals surface area contributed by atoms with Crippen molar-refractivity contribution in [2.24, 2.45) is 0 Å². The summed E-state index contributed by atoms with van der Waals surface area (Å²) in [7, 11) is 0. The highest BCUT2D eigenvalue weighted by molar-refractivity contribution is 5.77. The summed E-state index contributed by atoms with van der Waals surface area (Å²) in [5, 5.41) is 0. The Morgan fingerprint density at radius 1 is 1.58 bits per heavy atom. The predicted octanol–water partition coefficient (Wildman–Crippen LogP) is 1.46. The van der Waals surface area contributed by atoms with Gasteiger partial charge in [0.05, 0.1) is 11.7 Å². The number of aromatic nitrogens is 2. The van der Waals surface area contributed by atoms with Gasteiger partial charge in [0.15, 0.2) is 0 Å². The maximum atomic E-state index is 10.4. The Hall–Kier alpha value is -1.64. The van der Waals surface area contributed by atoms with Crippen LogP contribution in [0.3, 0.4) is 0 Å². The molecule has 3 nitrogen and oxygen atoms in total. The third-order valence-electron chi connectivity index (χ3n) is 1.88. The summed E-state index contributed by atoms with van der Waals surface area (Å²) < 4.78 is 1.94. The molecule has 0 N–H and O–H groups in total. The molecule has 0 atom stereocenters. The molecule has 0 fully saturated rings. The van der Waals surface area contributed by atoms with E-state index in [9.17, 15) is 4.79 Å². The Labute approximate surface area is 69.7 Å². The van der Waals surface area contributed by atoms with Crippen LogP contribution in [0.25, 0.3) is 5.52 Å². The summed E-state index contributed by atoms with van der Waals surface area (Å²) in [6.45, 7) is 1.92. The predicted molar refractivity (Wildman–Crippen MR) is 45.3 cm³/mol. The van der Waals surface area contributed by atoms with Crippen LogP contribution in [0, 0.1) is 6.92 Å². The number of aldehydes is 1. The second-order valence-corrected chi connectivity index (χ2v) is 2.68. The van der Waals surface area contributed by atoms with E-state index in [1.54, 1.807) is 12.3 Å². The summed E-state index contributed by atoms with van der Waals surface area (Å²) in [6.07, 6.45) is 4.44. The molecule has 0 aromatic carbocycles. The van der Waals surface area contributed by atoms with E-state index >= 15 is 0 Å². The third-order valence-corrected chi connectivity index (χ3v) is 1.88. The van der Waals surface area contributed by atoms with Gasteiger partial charge in [-0.3, -0.25) is 4.79 Å². The van der Waals surface area contributed by atoms with E-state index in [0.717, 1.165) is 17.6 Å². The topological polar surface area (TPSA) is 34.4 Å². The Morgan fingerprint density at radius 3 is 3.17 bits per heavy atom. The molecule has 3 heteroatoms. The number of hydrogen-bond donors (Lipinski definition) is 0. The van der Waals surface area contributed by atoms with Crippen LogP contribution >= 0.6 is 0 Å². The Morgan fingerprint density at radius 2 is 2.42 bits per heavy atom. The average Bonchev–Trinajstić information content (AvgIpc) is 2.47. The fourth-order valence-corrected chi connectivity index (χ4v) is 1.22. The summed E-state index contributed by atoms with van der Waals surface area (Å²) in [5.41, 5.74) is 1.64. The second-order valence-electron chi connectivity index (χ2n) is 2.68. The molecule has 0 saturated carbocycles. The van der Waals surface area contributed by atoms with Crippen LogP contribution in [-0.2, 0) is 0 Å². The Kier molecular flexibility index (Phi) is 1.43. The van der Waals surface area contributed by atoms with Crippen LogP contribution in [-0.4, -0.2) is 15.7 Å². The zero-order chi connectivity index (χ0) is 8.55. The largest absolute Gasteiger partial charge is 0.304 e. The number of fused-ring (bicyclic) bond motifs is 1. The zero-order valence-corrected chi connectivity index (χ0v) is 6.69. The van der Waals surface area contributed by atoms with Crippen molar-refractivity contribution in [2.75, 3.05) is 0 Å². The molecule has 2 rings (SSSR count). The van der Waals surface area contributed by atoms with E-state index < -0.39 is 0 Å². The Bertz CT molecular complexity index is 431. The van der Waals surface area contributed by atoms with Crippen molar-refractivity contribution >= 4 is 11.8 Å². The van der Waals surface area contributed by atoms with Crippen molar-refractivity contribution in [3.05, 3.63) is 35.9 Å². The van der Waals surface area contributed by atoms with Gasteiger partial charge in [0.2, 0.25) is 0 Å². The second kappa shape index (κ2) is 2.44. The molecule has 0 amide bonds. The molecule has 0 spiro atoms. The van der Waals surface area contributed by atoms with E-state index in [1.165, 1.54) is 0 Å². The molecule has 0 aliphatic heterocycles. The molecular weight excluding hydrogens is 152 g/mol. The highest BCUT2D eigenvalue weighted by Crippen LogP contribution is 2.07. The number of nitrogens with zero attached hydrogens (tertiary/aromatic N) is 2. The first-order valence-electron chi connectivity index (χ1n) is 3.70. The molecule has 0 bridgehead atoms. The molecule has 2 aromatic heterocycles. The van der Waals surface area contributed by atoms with Gasteiger partial charge in [0, 0.05) is 11.8 Å². The smallest absolute Gasteiger partial charge is 0.150 e. The molecule has 0 saturated heterocycles. The number of rotatable bonds is 1. The van der Waals surface area contributed by atoms with Gasteiger partial charge >= 0.3 is 0 Å². The average molecular weight is 160 g/mol. The van der Waals surface area contributed by atoms with Gasteiger partial charge in [-0.25, -0.2) is 4.98 Å². The van der Waals surface area contributed by atoms with Gasteiger partial charge in [-0.2, -0.15) is 0 Å². The molecule has 60 valence electrons. The number of aryl methyl sites for hydroxylation is 1. The SMILES string of the molecule is Cc1ncc2cc(C=O)ccn12. The van der Waals surface area contributed by atoms with E-state index in [2.05, 4.69) is 4.98 Å². The molecule has 0 aliphatic carbocycles. The van der Waals surface area contributed by atoms with Crippen molar-refractivity contribution in [2.45, 2.75) is 6.92 Å². The zero-order valence-electron chi connectivity index (χ0n) is 6.69. The number of pyridine rings is 1. The molecular formula is C9H8N2O. The molecule has 0 aliphatic rings. The molecule has 0 unspecified atom stereocenters. The molecule has 2 aromatic rings. The third kappa shape index (κ3) is 0.906. The maximum absolute atomic E-state index is 10.4. The van der Waals surface area contributed by atoms with Crippen molar-refractivity contribution in [3.63, 3.8) is 0 Å². The number of carbonyl (C=O) groups excluding carboxylic acids is 1. The highest BCUT2D eigenvalue weighted by atomic mass is 16.1. The first-order valence-corrected chi connectivity index (χ1v) is 3.70. The maximum Gasteiger partial charge on any atom is 0.150 e. The summed E-state index contributed by atoms with van der Waals surface area (Å²) in [5.74, 6) is 0.933. The normalized spacial score (nSPS) is 10.4. The van der Waals surface area contributed by atoms with Crippen molar-refractivity contribution in [1.29, 1.82) is 0 Å². The lowest BCUT2D eigenvalue weighted by atomic mass is 10.3. The van der Waals surface area contributed by atoms with Crippen LogP contribution in [0.5, 0.6) is 0 Å². The van der Waals surface area contributed by atoms with Crippen LogP contribution in [0.1, 0.15) is 16.2 Å². The lowest BCUT2D eigenvalue weighted by molar-refractivity contribution is 0.112. The number of imidazole rings is 1. The summed E-state index contributed by atoms with van der Waals surface area (Å²) in [4.78, 5) is 14.5. The van der Waals surface area contributed by atoms with Crippen molar-refractivity contribution in [3.8, 4) is 0 Å². The first kappa shape index (κ1) is 7.03. The van der Waals surface area contributed by atoms with Crippen LogP contribution in [0.4, 0.5) is 0 Å². The van der Waals surface area contributed by atoms with E-state index in [0.29, 0.717) is 5.56 Å². The fraction of sp³-hybridized carbons (Fsp3) is 0.111. The minimum Gasteiger partial charge on any atom is -0.304 e. The van der Waals surface area contributed by atoms with E-state index in [-0.39, 0.29) is 0 Å². The fourth-order valence-electron chi connectivity index (χ4n) is 1.22. The minimum absolute atomic E-state index is 0.683. The lowest BCUT2D eigenvalue weighted by Crippen LogP contribution is -1.88. The quantitative estimate of drug-likeness (QED) is 0.592. The highest BCUT2D eigenvalue weighted by Gasteiger charge is 1.98. The number of hydrogen-bond acceptors (Lipinski definition) is 2. The van der Waals surface area contributed by atoms with Crippen LogP contribution in [0.2, 0.25) is 0 Å². The van der Waals surface area contributed by atoms with Crippen LogP contribution in [0.15, 0.2) is 24.5 Å². The van der Waals surface area contributed by atoms with Gasteiger partial charge in [-0.15, -0.1) is 0 Å². The number of carbonyl (C=O) groups is 1. The summed E-state index contributed by atoms with van der Waals surface area (Å²) in [6, 6.07) is 3.58. The van der Waals surface area contributed by atoms with E-state index in [4.69, 9.17) is 0 Å². The van der Waals surface area contributed by atoms with Gasteiger partial charge in [0.25, 0.3) is 0 Å². The van der Waals surface area contributed by atoms with Gasteiger partial charge in [-0.1, -0.05) is 0 Å². The minimum atomic E-state index is 0.683. The van der Waals surface area contributed by atoms with Gasteiger partial charge < -0.3 is 4.40 Å². The Balaban J connectivity index is 2.77. The van der Waals surface area contributed by atoms with E-state index in [1.807, 2.05) is 23.6 Å². The lowest BCUT2D eigenvalue weighted by Gasteiger charge is -1.95. The molecule has 0 radical (unpaired) electrons. The van der Waals surface area contributed by atoms with Gasteiger partial charge in [-0.05, 0) is 19.1 Å². The van der Waals surface area contributed by atoms with Crippen LogP contribution < -0.4 is 0 Å². The first-order chi connectivity index (χ1) is 5.81. The monoisotopic (exact) mass is 160 g/mol. The van der Waals surface area contributed by atoms with Crippen molar-refractivity contribution < 1.29 is 4.79 Å². The summed E-state index contributed by atoms with van der Waals surface area (Å²) >= 11 is 0.